The van der Waals surface area contributed by atoms with Crippen molar-refractivity contribution in [2.75, 3.05) is 18.0 Å². The van der Waals surface area contributed by atoms with Crippen LogP contribution in [0.1, 0.15) is 17.0 Å². The molecule has 1 unspecified atom stereocenters. The van der Waals surface area contributed by atoms with Gasteiger partial charge in [0.25, 0.3) is 5.91 Å². The van der Waals surface area contributed by atoms with Gasteiger partial charge in [-0.15, -0.1) is 0 Å². The van der Waals surface area contributed by atoms with E-state index in [2.05, 4.69) is 27.3 Å². The van der Waals surface area contributed by atoms with E-state index in [9.17, 15) is 4.79 Å². The summed E-state index contributed by atoms with van der Waals surface area (Å²) in [5, 5.41) is 3.06. The van der Waals surface area contributed by atoms with E-state index >= 15 is 0 Å². The van der Waals surface area contributed by atoms with E-state index in [0.29, 0.717) is 5.82 Å². The Morgan fingerprint density at radius 3 is 2.85 bits per heavy atom. The number of aromatic nitrogens is 2. The van der Waals surface area contributed by atoms with E-state index in [1.54, 1.807) is 17.0 Å². The summed E-state index contributed by atoms with van der Waals surface area (Å²) in [4.78, 5) is 18.5. The second-order valence-electron chi connectivity index (χ2n) is 5.10. The molecule has 1 aromatic carbocycles. The quantitative estimate of drug-likeness (QED) is 0.918. The van der Waals surface area contributed by atoms with Gasteiger partial charge in [0, 0.05) is 44.3 Å². The van der Waals surface area contributed by atoms with Gasteiger partial charge in [-0.05, 0) is 18.6 Å². The molecule has 5 nitrogen and oxygen atoms in total. The highest BCUT2D eigenvalue weighted by atomic mass is 16.2. The zero-order chi connectivity index (χ0) is 13.9. The van der Waals surface area contributed by atoms with E-state index in [1.807, 2.05) is 25.2 Å². The maximum absolute atomic E-state index is 12.1. The minimum atomic E-state index is -0.0996. The molecule has 1 saturated heterocycles. The molecule has 1 atom stereocenters. The average molecular weight is 270 g/mol. The number of aryl methyl sites for hydroxylation is 1. The number of hydrogen-bond acceptors (Lipinski definition) is 3. The molecule has 0 radical (unpaired) electrons. The van der Waals surface area contributed by atoms with Crippen LogP contribution in [0.3, 0.4) is 0 Å². The molecule has 5 heteroatoms. The fourth-order valence-electron chi connectivity index (χ4n) is 2.59. The Hall–Kier alpha value is -2.30. The number of benzene rings is 1. The van der Waals surface area contributed by atoms with Gasteiger partial charge in [-0.25, -0.2) is 4.98 Å². The number of nitrogens with one attached hydrogen (secondary N) is 1. The van der Waals surface area contributed by atoms with Gasteiger partial charge in [-0.1, -0.05) is 18.2 Å². The molecular weight excluding hydrogens is 252 g/mol. The van der Waals surface area contributed by atoms with E-state index < -0.39 is 0 Å². The van der Waals surface area contributed by atoms with Gasteiger partial charge < -0.3 is 14.8 Å². The van der Waals surface area contributed by atoms with Crippen LogP contribution in [0, 0.1) is 0 Å². The molecule has 1 N–H and O–H groups in total. The van der Waals surface area contributed by atoms with Gasteiger partial charge in [0.2, 0.25) is 0 Å². The lowest BCUT2D eigenvalue weighted by Crippen LogP contribution is -2.38. The molecule has 0 spiro atoms. The fourth-order valence-corrected chi connectivity index (χ4v) is 2.59. The Balaban J connectivity index is 1.61. The van der Waals surface area contributed by atoms with Gasteiger partial charge in [0.1, 0.15) is 0 Å². The average Bonchev–Trinajstić information content (AvgIpc) is 3.09. The first-order valence-electron chi connectivity index (χ1n) is 6.82. The third kappa shape index (κ3) is 2.52. The van der Waals surface area contributed by atoms with E-state index in [1.165, 1.54) is 5.69 Å². The third-order valence-corrected chi connectivity index (χ3v) is 3.67. The van der Waals surface area contributed by atoms with Crippen molar-refractivity contribution in [2.24, 2.45) is 7.05 Å². The monoisotopic (exact) mass is 270 g/mol. The normalized spacial score (nSPS) is 18.2. The Labute approximate surface area is 118 Å². The van der Waals surface area contributed by atoms with E-state index in [-0.39, 0.29) is 11.9 Å². The molecule has 1 amide bonds. The number of para-hydroxylation sites is 1. The Kier molecular flexibility index (Phi) is 3.41. The smallest absolute Gasteiger partial charge is 0.287 e. The Morgan fingerprint density at radius 2 is 2.15 bits per heavy atom. The predicted octanol–water partition coefficient (Wildman–Crippen LogP) is 1.43. The second-order valence-corrected chi connectivity index (χ2v) is 5.10. The summed E-state index contributed by atoms with van der Waals surface area (Å²) in [6.07, 6.45) is 4.38. The zero-order valence-electron chi connectivity index (χ0n) is 11.5. The van der Waals surface area contributed by atoms with Crippen molar-refractivity contribution in [1.29, 1.82) is 0 Å². The summed E-state index contributed by atoms with van der Waals surface area (Å²) in [5.41, 5.74) is 1.21. The minimum Gasteiger partial charge on any atom is -0.369 e. The summed E-state index contributed by atoms with van der Waals surface area (Å²) < 4.78 is 1.74. The molecular formula is C15H18N4O. The van der Waals surface area contributed by atoms with Crippen LogP contribution < -0.4 is 10.2 Å². The lowest BCUT2D eigenvalue weighted by atomic mass is 10.2. The molecule has 104 valence electrons. The maximum Gasteiger partial charge on any atom is 0.287 e. The van der Waals surface area contributed by atoms with Crippen LogP contribution in [0.2, 0.25) is 0 Å². The van der Waals surface area contributed by atoms with Crippen molar-refractivity contribution < 1.29 is 4.79 Å². The molecule has 20 heavy (non-hydrogen) atoms. The highest BCUT2D eigenvalue weighted by molar-refractivity contribution is 5.91. The Bertz CT molecular complexity index is 593. The van der Waals surface area contributed by atoms with Crippen LogP contribution in [-0.2, 0) is 7.05 Å². The van der Waals surface area contributed by atoms with Crippen molar-refractivity contribution in [3.8, 4) is 0 Å². The predicted molar refractivity (Wildman–Crippen MR) is 77.7 cm³/mol. The zero-order valence-corrected chi connectivity index (χ0v) is 11.5. The standard InChI is InChI=1S/C15H18N4O/c1-18-10-8-16-14(18)15(20)17-12-7-9-19(11-12)13-5-3-2-4-6-13/h2-6,8,10,12H,7,9,11H2,1H3,(H,17,20). The van der Waals surface area contributed by atoms with E-state index in [0.717, 1.165) is 19.5 Å². The van der Waals surface area contributed by atoms with Crippen molar-refractivity contribution in [2.45, 2.75) is 12.5 Å². The first-order chi connectivity index (χ1) is 9.74. The number of carbonyl (C=O) groups excluding carboxylic acids is 1. The van der Waals surface area contributed by atoms with Crippen LogP contribution in [0.5, 0.6) is 0 Å². The van der Waals surface area contributed by atoms with E-state index in [4.69, 9.17) is 0 Å². The Morgan fingerprint density at radius 1 is 1.35 bits per heavy atom. The minimum absolute atomic E-state index is 0.0996. The first kappa shape index (κ1) is 12.7. The topological polar surface area (TPSA) is 50.2 Å². The summed E-state index contributed by atoms with van der Waals surface area (Å²) in [6, 6.07) is 10.5. The van der Waals surface area contributed by atoms with Crippen molar-refractivity contribution >= 4 is 11.6 Å². The van der Waals surface area contributed by atoms with Crippen LogP contribution in [0.25, 0.3) is 0 Å². The number of rotatable bonds is 3. The molecule has 1 aromatic heterocycles. The van der Waals surface area contributed by atoms with Crippen LogP contribution >= 0.6 is 0 Å². The molecule has 0 aliphatic carbocycles. The molecule has 1 aliphatic rings. The molecule has 1 aliphatic heterocycles. The maximum atomic E-state index is 12.1. The van der Waals surface area contributed by atoms with Crippen LogP contribution in [-0.4, -0.2) is 34.6 Å². The second kappa shape index (κ2) is 5.36. The van der Waals surface area contributed by atoms with Crippen molar-refractivity contribution in [1.82, 2.24) is 14.9 Å². The summed E-state index contributed by atoms with van der Waals surface area (Å²) in [5.74, 6) is 0.362. The number of nitrogens with zero attached hydrogens (tertiary/aromatic N) is 3. The number of anilines is 1. The fraction of sp³-hybridized carbons (Fsp3) is 0.333. The van der Waals surface area contributed by atoms with Crippen molar-refractivity contribution in [3.05, 3.63) is 48.5 Å². The molecule has 3 rings (SSSR count). The summed E-state index contributed by atoms with van der Waals surface area (Å²) in [6.45, 7) is 1.82. The largest absolute Gasteiger partial charge is 0.369 e. The van der Waals surface area contributed by atoms with Gasteiger partial charge in [-0.3, -0.25) is 4.79 Å². The number of amides is 1. The van der Waals surface area contributed by atoms with Gasteiger partial charge in [0.05, 0.1) is 0 Å². The number of carbonyl (C=O) groups is 1. The number of hydrogen-bond donors (Lipinski definition) is 1. The molecule has 0 bridgehead atoms. The van der Waals surface area contributed by atoms with Gasteiger partial charge in [-0.2, -0.15) is 0 Å². The van der Waals surface area contributed by atoms with Gasteiger partial charge >= 0.3 is 0 Å². The highest BCUT2D eigenvalue weighted by Crippen LogP contribution is 2.19. The molecule has 2 heterocycles. The lowest BCUT2D eigenvalue weighted by Gasteiger charge is -2.18. The molecule has 2 aromatic rings. The summed E-state index contributed by atoms with van der Waals surface area (Å²) >= 11 is 0. The highest BCUT2D eigenvalue weighted by Gasteiger charge is 2.25. The van der Waals surface area contributed by atoms with Gasteiger partial charge in [0.15, 0.2) is 5.82 Å². The van der Waals surface area contributed by atoms with Crippen LogP contribution in [0.15, 0.2) is 42.7 Å². The molecule has 0 saturated carbocycles. The lowest BCUT2D eigenvalue weighted by molar-refractivity contribution is 0.0927. The van der Waals surface area contributed by atoms with Crippen molar-refractivity contribution in [3.63, 3.8) is 0 Å². The third-order valence-electron chi connectivity index (χ3n) is 3.67. The molecule has 1 fully saturated rings. The summed E-state index contributed by atoms with van der Waals surface area (Å²) in [7, 11) is 1.83. The number of imidazole rings is 1. The van der Waals surface area contributed by atoms with Crippen LogP contribution in [0.4, 0.5) is 5.69 Å². The first-order valence-corrected chi connectivity index (χ1v) is 6.82. The SMILES string of the molecule is Cn1ccnc1C(=O)NC1CCN(c2ccccc2)C1.